The molecule has 0 fully saturated rings. The van der Waals surface area contributed by atoms with Crippen LogP contribution in [0.3, 0.4) is 0 Å². The van der Waals surface area contributed by atoms with E-state index in [4.69, 9.17) is 23.2 Å². The van der Waals surface area contributed by atoms with Crippen molar-refractivity contribution in [1.29, 1.82) is 0 Å². The maximum absolute atomic E-state index is 10.1. The van der Waals surface area contributed by atoms with Crippen LogP contribution in [0, 0.1) is 0 Å². The minimum absolute atomic E-state index is 0.200. The van der Waals surface area contributed by atoms with Crippen molar-refractivity contribution in [3.8, 4) is 0 Å². The van der Waals surface area contributed by atoms with Gasteiger partial charge in [0.25, 0.3) is 0 Å². The van der Waals surface area contributed by atoms with E-state index in [0.29, 0.717) is 5.03 Å². The van der Waals surface area contributed by atoms with Crippen LogP contribution in [-0.4, -0.2) is 17.7 Å². The van der Waals surface area contributed by atoms with Gasteiger partial charge in [0.15, 0.2) is 5.50 Å². The summed E-state index contributed by atoms with van der Waals surface area (Å²) < 4.78 is 0. The number of dihydropyridines is 1. The number of nitrogens with zero attached hydrogens (tertiary/aromatic N) is 1. The van der Waals surface area contributed by atoms with Crippen molar-refractivity contribution in [3.63, 3.8) is 0 Å². The Morgan fingerprint density at radius 2 is 2.40 bits per heavy atom. The Labute approximate surface area is 67.8 Å². The van der Waals surface area contributed by atoms with Crippen molar-refractivity contribution in [2.75, 3.05) is 0 Å². The van der Waals surface area contributed by atoms with Gasteiger partial charge in [0, 0.05) is 6.21 Å². The molecule has 1 rings (SSSR count). The fourth-order valence-corrected chi connectivity index (χ4v) is 1.04. The van der Waals surface area contributed by atoms with E-state index in [9.17, 15) is 4.79 Å². The first-order chi connectivity index (χ1) is 4.75. The largest absolute Gasteiger partial charge is 0.268 e. The summed E-state index contributed by atoms with van der Waals surface area (Å²) in [6.07, 6.45) is 2.96. The number of carbonyl (C=O) groups excluding carboxylic acids is 1. The molecule has 1 heterocycles. The van der Waals surface area contributed by atoms with Gasteiger partial charge in [-0.3, -0.25) is 4.99 Å². The highest BCUT2D eigenvalue weighted by atomic mass is 35.5. The van der Waals surface area contributed by atoms with Gasteiger partial charge in [-0.05, 0) is 6.08 Å². The number of hydrogen-bond acceptors (Lipinski definition) is 2. The van der Waals surface area contributed by atoms with Crippen LogP contribution in [-0.2, 0) is 4.79 Å². The van der Waals surface area contributed by atoms with E-state index in [0.717, 1.165) is 0 Å². The second-order valence-electron chi connectivity index (χ2n) is 1.66. The summed E-state index contributed by atoms with van der Waals surface area (Å²) in [4.78, 5) is 13.8. The predicted molar refractivity (Wildman–Crippen MR) is 41.3 cm³/mol. The highest BCUT2D eigenvalue weighted by Gasteiger charge is 2.15. The number of hydrogen-bond donors (Lipinski definition) is 0. The molecule has 0 saturated carbocycles. The zero-order valence-corrected chi connectivity index (χ0v) is 6.36. The first-order valence-corrected chi connectivity index (χ1v) is 3.35. The molecule has 0 N–H and O–H groups in total. The van der Waals surface area contributed by atoms with E-state index in [-0.39, 0.29) is 5.57 Å². The Morgan fingerprint density at radius 3 is 2.80 bits per heavy atom. The van der Waals surface area contributed by atoms with Gasteiger partial charge < -0.3 is 0 Å². The molecule has 2 nitrogen and oxygen atoms in total. The molecule has 0 spiro atoms. The maximum atomic E-state index is 10.1. The van der Waals surface area contributed by atoms with Crippen LogP contribution in [0.1, 0.15) is 0 Å². The molecule has 1 aliphatic rings. The SMILES string of the molecule is O=C=C1C(Cl)=CC=NC1Cl. The van der Waals surface area contributed by atoms with Crippen LogP contribution in [0.2, 0.25) is 0 Å². The normalized spacial score (nSPS) is 24.0. The summed E-state index contributed by atoms with van der Waals surface area (Å²) >= 11 is 11.1. The average molecular weight is 176 g/mol. The molecule has 10 heavy (non-hydrogen) atoms. The molecule has 1 unspecified atom stereocenters. The molecule has 0 aromatic rings. The van der Waals surface area contributed by atoms with Crippen molar-refractivity contribution < 1.29 is 4.79 Å². The second kappa shape index (κ2) is 3.02. The number of alkyl halides is 1. The summed E-state index contributed by atoms with van der Waals surface area (Å²) in [5.74, 6) is 1.62. The highest BCUT2D eigenvalue weighted by molar-refractivity contribution is 6.36. The molecular formula is C6H3Cl2NO. The van der Waals surface area contributed by atoms with Crippen LogP contribution >= 0.6 is 23.2 Å². The molecule has 0 amide bonds. The van der Waals surface area contributed by atoms with Crippen LogP contribution in [0.4, 0.5) is 0 Å². The Bertz CT molecular complexity index is 250. The monoisotopic (exact) mass is 175 g/mol. The Hall–Kier alpha value is -0.560. The number of aliphatic imine (C=N–C) groups is 1. The molecule has 0 saturated heterocycles. The van der Waals surface area contributed by atoms with Crippen LogP contribution in [0.25, 0.3) is 0 Å². The highest BCUT2D eigenvalue weighted by Crippen LogP contribution is 2.22. The quantitative estimate of drug-likeness (QED) is 0.312. The smallest absolute Gasteiger partial charge is 0.160 e. The van der Waals surface area contributed by atoms with Gasteiger partial charge >= 0.3 is 0 Å². The maximum Gasteiger partial charge on any atom is 0.160 e. The molecule has 1 aliphatic heterocycles. The van der Waals surface area contributed by atoms with E-state index >= 15 is 0 Å². The van der Waals surface area contributed by atoms with E-state index in [2.05, 4.69) is 4.99 Å². The third kappa shape index (κ3) is 1.29. The Morgan fingerprint density at radius 1 is 1.70 bits per heavy atom. The lowest BCUT2D eigenvalue weighted by molar-refractivity contribution is 0.567. The van der Waals surface area contributed by atoms with Gasteiger partial charge in [-0.25, -0.2) is 4.79 Å². The lowest BCUT2D eigenvalue weighted by atomic mass is 10.2. The van der Waals surface area contributed by atoms with Gasteiger partial charge in [-0.1, -0.05) is 23.2 Å². The van der Waals surface area contributed by atoms with Crippen molar-refractivity contribution >= 4 is 35.4 Å². The number of rotatable bonds is 0. The van der Waals surface area contributed by atoms with Gasteiger partial charge in [-0.2, -0.15) is 0 Å². The van der Waals surface area contributed by atoms with Crippen LogP contribution in [0.5, 0.6) is 0 Å². The minimum Gasteiger partial charge on any atom is -0.268 e. The van der Waals surface area contributed by atoms with Gasteiger partial charge in [0.05, 0.1) is 10.6 Å². The van der Waals surface area contributed by atoms with Crippen molar-refractivity contribution in [3.05, 3.63) is 16.7 Å². The van der Waals surface area contributed by atoms with Gasteiger partial charge in [-0.15, -0.1) is 0 Å². The summed E-state index contributed by atoms with van der Waals surface area (Å²) in [6.45, 7) is 0. The van der Waals surface area contributed by atoms with Crippen molar-refractivity contribution in [1.82, 2.24) is 0 Å². The van der Waals surface area contributed by atoms with E-state index in [1.54, 1.807) is 5.94 Å². The molecule has 0 aromatic heterocycles. The molecule has 0 aliphatic carbocycles. The third-order valence-corrected chi connectivity index (χ3v) is 1.70. The Kier molecular flexibility index (Phi) is 2.28. The van der Waals surface area contributed by atoms with E-state index < -0.39 is 5.50 Å². The number of halogens is 2. The zero-order valence-electron chi connectivity index (χ0n) is 4.84. The fourth-order valence-electron chi connectivity index (χ4n) is 0.560. The molecule has 0 radical (unpaired) electrons. The Balaban J connectivity index is 3.04. The van der Waals surface area contributed by atoms with Crippen LogP contribution in [0.15, 0.2) is 21.7 Å². The standard InChI is InChI=1S/C6H3Cl2NO/c7-5-1-2-9-6(8)4(5)3-10/h1-2,6H. The van der Waals surface area contributed by atoms with Crippen LogP contribution < -0.4 is 0 Å². The molecule has 1 atom stereocenters. The van der Waals surface area contributed by atoms with Gasteiger partial charge in [0.1, 0.15) is 5.94 Å². The van der Waals surface area contributed by atoms with E-state index in [1.165, 1.54) is 12.3 Å². The summed E-state index contributed by atoms with van der Waals surface area (Å²) in [5, 5.41) is 0.310. The minimum atomic E-state index is -0.671. The van der Waals surface area contributed by atoms with Gasteiger partial charge in [0.2, 0.25) is 0 Å². The molecular weight excluding hydrogens is 173 g/mol. The zero-order chi connectivity index (χ0) is 7.56. The van der Waals surface area contributed by atoms with Crippen molar-refractivity contribution in [2.45, 2.75) is 5.50 Å². The third-order valence-electron chi connectivity index (χ3n) is 1.04. The second-order valence-corrected chi connectivity index (χ2v) is 2.48. The average Bonchev–Trinajstić information content (AvgIpc) is 1.88. The molecule has 4 heteroatoms. The summed E-state index contributed by atoms with van der Waals surface area (Å²) in [6, 6.07) is 0. The summed E-state index contributed by atoms with van der Waals surface area (Å²) in [7, 11) is 0. The van der Waals surface area contributed by atoms with E-state index in [1.807, 2.05) is 0 Å². The lowest BCUT2D eigenvalue weighted by Gasteiger charge is -2.06. The fraction of sp³-hybridized carbons (Fsp3) is 0.167. The molecule has 52 valence electrons. The number of allylic oxidation sites excluding steroid dienone is 1. The first kappa shape index (κ1) is 7.55. The predicted octanol–water partition coefficient (Wildman–Crippen LogP) is 1.52. The lowest BCUT2D eigenvalue weighted by Crippen LogP contribution is -2.05. The summed E-state index contributed by atoms with van der Waals surface area (Å²) in [5.41, 5.74) is -0.471. The van der Waals surface area contributed by atoms with Crippen molar-refractivity contribution in [2.24, 2.45) is 4.99 Å². The topological polar surface area (TPSA) is 29.4 Å². The molecule has 0 aromatic carbocycles. The first-order valence-electron chi connectivity index (χ1n) is 2.54. The molecule has 0 bridgehead atoms.